The molecule has 0 aromatic heterocycles. The van der Waals surface area contributed by atoms with Crippen LogP contribution in [0.5, 0.6) is 5.75 Å². The number of nitrogens with one attached hydrogen (secondary N) is 2. The van der Waals surface area contributed by atoms with Crippen molar-refractivity contribution >= 4 is 35.5 Å². The van der Waals surface area contributed by atoms with Crippen LogP contribution in [0.25, 0.3) is 0 Å². The highest BCUT2D eigenvalue weighted by Gasteiger charge is 2.09. The highest BCUT2D eigenvalue weighted by Crippen LogP contribution is 2.16. The highest BCUT2D eigenvalue weighted by atomic mass is 32.2. The number of hydrazone groups is 1. The maximum absolute atomic E-state index is 11.9. The molecule has 2 N–H and O–H groups in total. The number of benzene rings is 2. The van der Waals surface area contributed by atoms with Crippen molar-refractivity contribution in [3.8, 4) is 5.75 Å². The summed E-state index contributed by atoms with van der Waals surface area (Å²) in [6.45, 7) is 0. The summed E-state index contributed by atoms with van der Waals surface area (Å²) in [5.41, 5.74) is 3.76. The van der Waals surface area contributed by atoms with Gasteiger partial charge in [-0.05, 0) is 36.1 Å². The predicted octanol–water partition coefficient (Wildman–Crippen LogP) is 2.90. The fourth-order valence-corrected chi connectivity index (χ4v) is 2.37. The molecule has 2 aromatic carbocycles. The second-order valence-corrected chi connectivity index (χ2v) is 5.90. The number of amides is 2. The summed E-state index contributed by atoms with van der Waals surface area (Å²) < 4.78 is 5.08. The van der Waals surface area contributed by atoms with Gasteiger partial charge in [-0.1, -0.05) is 18.2 Å². The van der Waals surface area contributed by atoms with Gasteiger partial charge in [0.2, 0.25) is 11.8 Å². The molecule has 0 unspecified atom stereocenters. The Balaban J connectivity index is 1.80. The third-order valence-electron chi connectivity index (χ3n) is 3.19. The molecule has 0 aliphatic carbocycles. The molecular formula is C18H19N3O3S. The average molecular weight is 357 g/mol. The van der Waals surface area contributed by atoms with E-state index in [-0.39, 0.29) is 6.42 Å². The molecule has 0 radical (unpaired) electrons. The molecular weight excluding hydrogens is 338 g/mol. The Kier molecular flexibility index (Phi) is 7.03. The first kappa shape index (κ1) is 18.5. The summed E-state index contributed by atoms with van der Waals surface area (Å²) in [5.74, 6) is -0.290. The molecule has 0 heterocycles. The lowest BCUT2D eigenvalue weighted by molar-refractivity contribution is -0.126. The number of hydrogen-bond acceptors (Lipinski definition) is 5. The van der Waals surface area contributed by atoms with Crippen molar-refractivity contribution in [1.29, 1.82) is 0 Å². The highest BCUT2D eigenvalue weighted by molar-refractivity contribution is 7.98. The van der Waals surface area contributed by atoms with Crippen molar-refractivity contribution in [3.05, 3.63) is 54.1 Å². The summed E-state index contributed by atoms with van der Waals surface area (Å²) in [6, 6.07) is 14.6. The first-order valence-corrected chi connectivity index (χ1v) is 8.73. The van der Waals surface area contributed by atoms with Crippen LogP contribution in [-0.4, -0.2) is 31.4 Å². The van der Waals surface area contributed by atoms with Crippen LogP contribution in [0, 0.1) is 0 Å². The largest absolute Gasteiger partial charge is 0.497 e. The van der Waals surface area contributed by atoms with Crippen LogP contribution in [0.15, 0.2) is 58.5 Å². The number of nitrogens with zero attached hydrogens (tertiary/aromatic N) is 1. The Labute approximate surface area is 150 Å². The standard InChI is InChI=1S/C18H19N3O3S/c1-24-15-5-3-4-14(10-15)20-17(22)11-18(23)21-19-12-13-6-8-16(25-2)9-7-13/h3-10,12H,11H2,1-2H3,(H,20,22)(H,21,23). The van der Waals surface area contributed by atoms with Crippen molar-refractivity contribution < 1.29 is 14.3 Å². The van der Waals surface area contributed by atoms with E-state index in [0.29, 0.717) is 11.4 Å². The van der Waals surface area contributed by atoms with E-state index in [1.54, 1.807) is 43.1 Å². The summed E-state index contributed by atoms with van der Waals surface area (Å²) in [5, 5.41) is 6.49. The van der Waals surface area contributed by atoms with E-state index in [9.17, 15) is 9.59 Å². The third kappa shape index (κ3) is 6.31. The molecule has 2 aromatic rings. The van der Waals surface area contributed by atoms with Crippen molar-refractivity contribution in [2.24, 2.45) is 5.10 Å². The van der Waals surface area contributed by atoms with E-state index in [2.05, 4.69) is 15.8 Å². The zero-order chi connectivity index (χ0) is 18.1. The van der Waals surface area contributed by atoms with E-state index < -0.39 is 11.8 Å². The number of ether oxygens (including phenoxy) is 1. The van der Waals surface area contributed by atoms with Gasteiger partial charge in [0.15, 0.2) is 0 Å². The molecule has 25 heavy (non-hydrogen) atoms. The van der Waals surface area contributed by atoms with Crippen molar-refractivity contribution in [1.82, 2.24) is 5.43 Å². The number of carbonyl (C=O) groups excluding carboxylic acids is 2. The average Bonchev–Trinajstić information content (AvgIpc) is 2.62. The lowest BCUT2D eigenvalue weighted by Crippen LogP contribution is -2.24. The van der Waals surface area contributed by atoms with Crippen LogP contribution >= 0.6 is 11.8 Å². The van der Waals surface area contributed by atoms with Crippen LogP contribution < -0.4 is 15.5 Å². The Morgan fingerprint density at radius 1 is 1.16 bits per heavy atom. The van der Waals surface area contributed by atoms with Gasteiger partial charge in [-0.15, -0.1) is 11.8 Å². The van der Waals surface area contributed by atoms with Gasteiger partial charge in [0.05, 0.1) is 13.3 Å². The SMILES string of the molecule is COc1cccc(NC(=O)CC(=O)NN=Cc2ccc(SC)cc2)c1. The van der Waals surface area contributed by atoms with Gasteiger partial charge in [0.25, 0.3) is 0 Å². The van der Waals surface area contributed by atoms with Crippen LogP contribution in [0.1, 0.15) is 12.0 Å². The van der Waals surface area contributed by atoms with E-state index in [1.165, 1.54) is 6.21 Å². The molecule has 0 bridgehead atoms. The summed E-state index contributed by atoms with van der Waals surface area (Å²) in [6.07, 6.45) is 3.21. The second-order valence-electron chi connectivity index (χ2n) is 5.02. The summed E-state index contributed by atoms with van der Waals surface area (Å²) >= 11 is 1.65. The van der Waals surface area contributed by atoms with Crippen LogP contribution in [0.2, 0.25) is 0 Å². The van der Waals surface area contributed by atoms with Gasteiger partial charge >= 0.3 is 0 Å². The molecule has 0 aliphatic heterocycles. The molecule has 0 fully saturated rings. The van der Waals surface area contributed by atoms with Crippen LogP contribution in [-0.2, 0) is 9.59 Å². The normalized spacial score (nSPS) is 10.5. The van der Waals surface area contributed by atoms with Crippen molar-refractivity contribution in [2.75, 3.05) is 18.7 Å². The van der Waals surface area contributed by atoms with Crippen LogP contribution in [0.4, 0.5) is 5.69 Å². The number of thioether (sulfide) groups is 1. The first-order chi connectivity index (χ1) is 12.1. The zero-order valence-corrected chi connectivity index (χ0v) is 14.8. The van der Waals surface area contributed by atoms with Gasteiger partial charge in [0, 0.05) is 16.6 Å². The summed E-state index contributed by atoms with van der Waals surface area (Å²) in [4.78, 5) is 24.8. The lowest BCUT2D eigenvalue weighted by atomic mass is 10.2. The van der Waals surface area contributed by atoms with Crippen LogP contribution in [0.3, 0.4) is 0 Å². The third-order valence-corrected chi connectivity index (χ3v) is 3.94. The molecule has 130 valence electrons. The fourth-order valence-electron chi connectivity index (χ4n) is 1.96. The predicted molar refractivity (Wildman–Crippen MR) is 100 cm³/mol. The summed E-state index contributed by atoms with van der Waals surface area (Å²) in [7, 11) is 1.54. The number of anilines is 1. The molecule has 0 aliphatic rings. The van der Waals surface area contributed by atoms with Crippen molar-refractivity contribution in [2.45, 2.75) is 11.3 Å². The molecule has 0 saturated carbocycles. The van der Waals surface area contributed by atoms with E-state index in [4.69, 9.17) is 4.74 Å². The zero-order valence-electron chi connectivity index (χ0n) is 14.0. The van der Waals surface area contributed by atoms with Gasteiger partial charge in [-0.25, -0.2) is 5.43 Å². The number of rotatable bonds is 7. The van der Waals surface area contributed by atoms with Gasteiger partial charge in [-0.3, -0.25) is 9.59 Å². The maximum Gasteiger partial charge on any atom is 0.249 e. The van der Waals surface area contributed by atoms with E-state index >= 15 is 0 Å². The Hall–Kier alpha value is -2.80. The molecule has 0 saturated heterocycles. The maximum atomic E-state index is 11.9. The fraction of sp³-hybridized carbons (Fsp3) is 0.167. The minimum Gasteiger partial charge on any atom is -0.497 e. The Morgan fingerprint density at radius 3 is 2.60 bits per heavy atom. The number of hydrogen-bond donors (Lipinski definition) is 2. The number of methoxy groups -OCH3 is 1. The molecule has 7 heteroatoms. The van der Waals surface area contributed by atoms with E-state index in [1.807, 2.05) is 30.5 Å². The molecule has 6 nitrogen and oxygen atoms in total. The minimum absolute atomic E-state index is 0.319. The minimum atomic E-state index is -0.489. The first-order valence-electron chi connectivity index (χ1n) is 7.50. The van der Waals surface area contributed by atoms with Gasteiger partial charge in [-0.2, -0.15) is 5.10 Å². The van der Waals surface area contributed by atoms with Crippen molar-refractivity contribution in [3.63, 3.8) is 0 Å². The van der Waals surface area contributed by atoms with Gasteiger partial charge in [0.1, 0.15) is 12.2 Å². The molecule has 2 amide bonds. The second kappa shape index (κ2) is 9.48. The van der Waals surface area contributed by atoms with E-state index in [0.717, 1.165) is 10.5 Å². The Bertz CT molecular complexity index is 760. The van der Waals surface area contributed by atoms with Gasteiger partial charge < -0.3 is 10.1 Å². The lowest BCUT2D eigenvalue weighted by Gasteiger charge is -2.06. The molecule has 2 rings (SSSR count). The molecule has 0 atom stereocenters. The smallest absolute Gasteiger partial charge is 0.249 e. The molecule has 0 spiro atoms. The number of carbonyl (C=O) groups is 2. The topological polar surface area (TPSA) is 79.8 Å². The monoisotopic (exact) mass is 357 g/mol. The quantitative estimate of drug-likeness (QED) is 0.346. The Morgan fingerprint density at radius 2 is 1.92 bits per heavy atom.